The molecule has 3 aromatic rings. The zero-order valence-corrected chi connectivity index (χ0v) is 23.8. The zero-order valence-electron chi connectivity index (χ0n) is 23.8. The Morgan fingerprint density at radius 2 is 1.93 bits per heavy atom. The molecule has 1 N–H and O–H groups in total. The van der Waals surface area contributed by atoms with Gasteiger partial charge >= 0.3 is 12.1 Å². The van der Waals surface area contributed by atoms with E-state index in [0.717, 1.165) is 49.4 Å². The maximum Gasteiger partial charge on any atom is 0.407 e. The number of carboxylic acid groups (broad SMARTS) is 1. The number of nitriles is 1. The number of anilines is 2. The number of piperazine rings is 1. The third-order valence-corrected chi connectivity index (χ3v) is 8.89. The fourth-order valence-corrected chi connectivity index (χ4v) is 6.63. The maximum atomic E-state index is 11.8. The molecule has 2 atom stereocenters. The van der Waals surface area contributed by atoms with Crippen molar-refractivity contribution in [2.24, 2.45) is 0 Å². The van der Waals surface area contributed by atoms with Gasteiger partial charge in [0.1, 0.15) is 12.4 Å². The third-order valence-electron chi connectivity index (χ3n) is 8.89. The monoisotopic (exact) mass is 555 g/mol. The van der Waals surface area contributed by atoms with Crippen LogP contribution in [0.3, 0.4) is 0 Å². The largest absolute Gasteiger partial charge is 0.465 e. The van der Waals surface area contributed by atoms with Crippen LogP contribution in [-0.2, 0) is 13.0 Å². The number of hydrogen-bond acceptors (Lipinski definition) is 8. The molecule has 41 heavy (non-hydrogen) atoms. The molecule has 2 saturated heterocycles. The normalized spacial score (nSPS) is 21.1. The van der Waals surface area contributed by atoms with Gasteiger partial charge in [0, 0.05) is 48.9 Å². The van der Waals surface area contributed by atoms with Crippen LogP contribution in [0.4, 0.5) is 16.3 Å². The maximum absolute atomic E-state index is 11.8. The van der Waals surface area contributed by atoms with Crippen molar-refractivity contribution in [3.63, 3.8) is 0 Å². The minimum Gasteiger partial charge on any atom is -0.465 e. The number of likely N-dealkylation sites (N-methyl/N-ethyl adjacent to an activating group) is 1. The molecule has 0 saturated carbocycles. The Balaban J connectivity index is 1.34. The van der Waals surface area contributed by atoms with Crippen molar-refractivity contribution < 1.29 is 14.6 Å². The second-order valence-corrected chi connectivity index (χ2v) is 11.4. The van der Waals surface area contributed by atoms with Gasteiger partial charge in [0.25, 0.3) is 0 Å². The van der Waals surface area contributed by atoms with Crippen LogP contribution in [0, 0.1) is 18.3 Å². The number of amides is 1. The Morgan fingerprint density at radius 3 is 2.68 bits per heavy atom. The highest BCUT2D eigenvalue weighted by Crippen LogP contribution is 2.36. The van der Waals surface area contributed by atoms with Crippen molar-refractivity contribution in [2.75, 3.05) is 56.2 Å². The van der Waals surface area contributed by atoms with Crippen LogP contribution < -0.4 is 14.5 Å². The first-order valence-electron chi connectivity index (χ1n) is 14.5. The highest BCUT2D eigenvalue weighted by Gasteiger charge is 2.34. The average Bonchev–Trinajstić information content (AvgIpc) is 3.39. The fraction of sp³-hybridized carbons (Fsp3) is 0.484. The summed E-state index contributed by atoms with van der Waals surface area (Å²) in [6.07, 6.45) is 2.17. The summed E-state index contributed by atoms with van der Waals surface area (Å²) in [5.41, 5.74) is 4.48. The molecule has 10 nitrogen and oxygen atoms in total. The number of fused-ring (bicyclic) bond motifs is 2. The lowest BCUT2D eigenvalue weighted by atomic mass is 9.99. The van der Waals surface area contributed by atoms with E-state index in [9.17, 15) is 15.2 Å². The highest BCUT2D eigenvalue weighted by atomic mass is 16.5. The number of aryl methyl sites for hydroxylation is 1. The number of aromatic nitrogens is 2. The Bertz CT molecular complexity index is 1480. The molecule has 1 aromatic heterocycles. The molecule has 1 unspecified atom stereocenters. The molecule has 4 heterocycles. The van der Waals surface area contributed by atoms with E-state index in [1.54, 1.807) is 0 Å². The standard InChI is InChI=1S/C31H37N7O3/c1-21-6-3-7-22-8-4-10-27(28(21)22)36-15-12-25-26(19-36)33-30(41-20-24-9-5-14-35(24)2)34-29(25)37-16-17-38(31(39)40)23(18-37)11-13-32/h3-4,6-8,10,23-24H,5,9,11-12,14-20H2,1-2H3,(H,39,40)/t23?,24-/m1/s1. The van der Waals surface area contributed by atoms with Gasteiger partial charge in [0.15, 0.2) is 0 Å². The first-order chi connectivity index (χ1) is 19.9. The fourth-order valence-electron chi connectivity index (χ4n) is 6.63. The van der Waals surface area contributed by atoms with Crippen LogP contribution in [0.1, 0.15) is 36.1 Å². The summed E-state index contributed by atoms with van der Waals surface area (Å²) in [5.74, 6) is 0.812. The van der Waals surface area contributed by atoms with E-state index in [2.05, 4.69) is 71.1 Å². The van der Waals surface area contributed by atoms with E-state index in [1.165, 1.54) is 26.9 Å². The minimum absolute atomic E-state index is 0.141. The lowest BCUT2D eigenvalue weighted by Crippen LogP contribution is -2.55. The van der Waals surface area contributed by atoms with Gasteiger partial charge in [-0.05, 0) is 56.8 Å². The van der Waals surface area contributed by atoms with Crippen LogP contribution in [0.2, 0.25) is 0 Å². The van der Waals surface area contributed by atoms with E-state index < -0.39 is 12.1 Å². The average molecular weight is 556 g/mol. The molecule has 0 spiro atoms. The van der Waals surface area contributed by atoms with Gasteiger partial charge in [-0.2, -0.15) is 15.2 Å². The number of carbonyl (C=O) groups is 1. The number of rotatable bonds is 6. The van der Waals surface area contributed by atoms with Gasteiger partial charge in [-0.25, -0.2) is 4.79 Å². The number of nitrogens with zero attached hydrogens (tertiary/aromatic N) is 7. The van der Waals surface area contributed by atoms with E-state index in [-0.39, 0.29) is 6.42 Å². The summed E-state index contributed by atoms with van der Waals surface area (Å²) in [4.78, 5) is 29.9. The second kappa shape index (κ2) is 11.4. The SMILES string of the molecule is Cc1cccc2cccc(N3CCc4c(nc(OC[C@H]5CCCN5C)nc4N4CCN(C(=O)O)C(CC#N)C4)C3)c12. The van der Waals surface area contributed by atoms with Crippen molar-refractivity contribution in [1.82, 2.24) is 19.8 Å². The van der Waals surface area contributed by atoms with Gasteiger partial charge in [0.05, 0.1) is 30.8 Å². The molecule has 3 aliphatic heterocycles. The molecule has 0 aliphatic carbocycles. The number of benzene rings is 2. The van der Waals surface area contributed by atoms with Gasteiger partial charge in [-0.15, -0.1) is 0 Å². The smallest absolute Gasteiger partial charge is 0.407 e. The molecule has 2 aromatic carbocycles. The molecule has 0 radical (unpaired) electrons. The summed E-state index contributed by atoms with van der Waals surface area (Å²) in [7, 11) is 2.13. The quantitative estimate of drug-likeness (QED) is 0.482. The third kappa shape index (κ3) is 5.34. The molecule has 0 bridgehead atoms. The Hall–Kier alpha value is -4.10. The van der Waals surface area contributed by atoms with E-state index in [4.69, 9.17) is 14.7 Å². The lowest BCUT2D eigenvalue weighted by molar-refractivity contribution is 0.119. The van der Waals surface area contributed by atoms with Crippen LogP contribution in [0.25, 0.3) is 10.8 Å². The van der Waals surface area contributed by atoms with Crippen molar-refractivity contribution in [3.8, 4) is 12.1 Å². The molecule has 6 rings (SSSR count). The molecule has 2 fully saturated rings. The van der Waals surface area contributed by atoms with Crippen LogP contribution in [0.5, 0.6) is 6.01 Å². The Morgan fingerprint density at radius 1 is 1.10 bits per heavy atom. The Kier molecular flexibility index (Phi) is 7.54. The Labute approximate surface area is 240 Å². The summed E-state index contributed by atoms with van der Waals surface area (Å²) in [6.45, 7) is 6.46. The van der Waals surface area contributed by atoms with E-state index in [0.29, 0.717) is 44.8 Å². The molecular formula is C31H37N7O3. The first kappa shape index (κ1) is 27.1. The second-order valence-electron chi connectivity index (χ2n) is 11.4. The van der Waals surface area contributed by atoms with Gasteiger partial charge in [-0.1, -0.05) is 30.3 Å². The van der Waals surface area contributed by atoms with Crippen LogP contribution in [-0.4, -0.2) is 89.4 Å². The first-order valence-corrected chi connectivity index (χ1v) is 14.5. The van der Waals surface area contributed by atoms with E-state index in [1.807, 2.05) is 0 Å². The van der Waals surface area contributed by atoms with Gasteiger partial charge in [0.2, 0.25) is 0 Å². The molecule has 1 amide bonds. The molecule has 10 heteroatoms. The number of ether oxygens (including phenoxy) is 1. The topological polar surface area (TPSA) is 109 Å². The van der Waals surface area contributed by atoms with Crippen molar-refractivity contribution in [1.29, 1.82) is 5.26 Å². The van der Waals surface area contributed by atoms with Crippen molar-refractivity contribution in [3.05, 3.63) is 53.2 Å². The van der Waals surface area contributed by atoms with Crippen molar-refractivity contribution >= 4 is 28.4 Å². The van der Waals surface area contributed by atoms with E-state index >= 15 is 0 Å². The zero-order chi connectivity index (χ0) is 28.5. The molecule has 3 aliphatic rings. The lowest BCUT2D eigenvalue weighted by Gasteiger charge is -2.41. The van der Waals surface area contributed by atoms with Gasteiger partial charge < -0.3 is 29.4 Å². The van der Waals surface area contributed by atoms with Crippen LogP contribution in [0.15, 0.2) is 36.4 Å². The molecular weight excluding hydrogens is 518 g/mol. The summed E-state index contributed by atoms with van der Waals surface area (Å²) < 4.78 is 6.26. The predicted octanol–water partition coefficient (Wildman–Crippen LogP) is 4.06. The van der Waals surface area contributed by atoms with Gasteiger partial charge in [-0.3, -0.25) is 0 Å². The van der Waals surface area contributed by atoms with Crippen LogP contribution >= 0.6 is 0 Å². The predicted molar refractivity (Wildman–Crippen MR) is 158 cm³/mol. The minimum atomic E-state index is -0.986. The highest BCUT2D eigenvalue weighted by molar-refractivity contribution is 5.97. The number of likely N-dealkylation sites (tertiary alicyclic amines) is 1. The molecule has 214 valence electrons. The summed E-state index contributed by atoms with van der Waals surface area (Å²) in [5, 5.41) is 21.6. The summed E-state index contributed by atoms with van der Waals surface area (Å²) >= 11 is 0. The summed E-state index contributed by atoms with van der Waals surface area (Å²) in [6, 6.07) is 15.3. The van der Waals surface area contributed by atoms with Crippen molar-refractivity contribution in [2.45, 2.75) is 51.2 Å². The number of hydrogen-bond donors (Lipinski definition) is 1.